The highest BCUT2D eigenvalue weighted by Gasteiger charge is 2.35. The van der Waals surface area contributed by atoms with Crippen LogP contribution in [0.4, 0.5) is 0 Å². The Kier molecular flexibility index (Phi) is 4.57. The topological polar surface area (TPSA) is 6.48 Å². The molecule has 3 unspecified atom stereocenters. The molecule has 2 aliphatic rings. The number of rotatable bonds is 4. The van der Waals surface area contributed by atoms with Crippen molar-refractivity contribution in [1.29, 1.82) is 0 Å². The largest absolute Gasteiger partial charge is 0.298 e. The molecule has 0 aromatic heterocycles. The van der Waals surface area contributed by atoms with E-state index in [1.165, 1.54) is 45.4 Å². The average molecular weight is 242 g/mol. The molecule has 2 fully saturated rings. The van der Waals surface area contributed by atoms with Gasteiger partial charge in [-0.1, -0.05) is 13.8 Å². The van der Waals surface area contributed by atoms with Gasteiger partial charge in [0.2, 0.25) is 0 Å². The van der Waals surface area contributed by atoms with Gasteiger partial charge < -0.3 is 0 Å². The molecule has 2 aliphatic heterocycles. The van der Waals surface area contributed by atoms with E-state index in [0.717, 1.165) is 17.3 Å². The highest BCUT2D eigenvalue weighted by Crippen LogP contribution is 2.26. The van der Waals surface area contributed by atoms with Gasteiger partial charge in [0, 0.05) is 37.0 Å². The molecule has 0 bridgehead atoms. The van der Waals surface area contributed by atoms with Crippen molar-refractivity contribution in [2.24, 2.45) is 0 Å². The van der Waals surface area contributed by atoms with Crippen LogP contribution < -0.4 is 0 Å². The van der Waals surface area contributed by atoms with E-state index in [1.54, 1.807) is 0 Å². The van der Waals surface area contributed by atoms with Crippen molar-refractivity contribution in [3.8, 4) is 0 Å². The zero-order chi connectivity index (χ0) is 11.5. The molecule has 0 spiro atoms. The SMILES string of the molecule is CCC1CN2CCCC2CN1CC(C)SC. The predicted octanol–water partition coefficient (Wildman–Crippen LogP) is 2.30. The Morgan fingerprint density at radius 2 is 2.19 bits per heavy atom. The van der Waals surface area contributed by atoms with Crippen LogP contribution in [-0.4, -0.2) is 59.6 Å². The molecular weight excluding hydrogens is 216 g/mol. The molecule has 16 heavy (non-hydrogen) atoms. The zero-order valence-electron chi connectivity index (χ0n) is 11.0. The van der Waals surface area contributed by atoms with Crippen LogP contribution in [0.5, 0.6) is 0 Å². The van der Waals surface area contributed by atoms with Crippen LogP contribution in [0.25, 0.3) is 0 Å². The summed E-state index contributed by atoms with van der Waals surface area (Å²) in [5, 5.41) is 0.780. The van der Waals surface area contributed by atoms with Crippen LogP contribution in [0, 0.1) is 0 Å². The Morgan fingerprint density at radius 1 is 1.38 bits per heavy atom. The fourth-order valence-electron chi connectivity index (χ4n) is 3.16. The molecule has 0 aliphatic carbocycles. The van der Waals surface area contributed by atoms with Gasteiger partial charge in [-0.3, -0.25) is 9.80 Å². The van der Waals surface area contributed by atoms with E-state index in [1.807, 2.05) is 11.8 Å². The second kappa shape index (κ2) is 5.74. The third-order valence-corrected chi connectivity index (χ3v) is 5.23. The molecule has 2 heterocycles. The molecule has 0 N–H and O–H groups in total. The van der Waals surface area contributed by atoms with Crippen molar-refractivity contribution in [1.82, 2.24) is 9.80 Å². The summed E-state index contributed by atoms with van der Waals surface area (Å²) in [6.45, 7) is 9.99. The summed E-state index contributed by atoms with van der Waals surface area (Å²) in [4.78, 5) is 5.49. The molecule has 2 saturated heterocycles. The fraction of sp³-hybridized carbons (Fsp3) is 1.00. The first-order valence-electron chi connectivity index (χ1n) is 6.75. The van der Waals surface area contributed by atoms with Gasteiger partial charge in [-0.25, -0.2) is 0 Å². The number of hydrogen-bond acceptors (Lipinski definition) is 3. The lowest BCUT2D eigenvalue weighted by Gasteiger charge is -2.44. The van der Waals surface area contributed by atoms with Gasteiger partial charge in [-0.2, -0.15) is 11.8 Å². The van der Waals surface area contributed by atoms with E-state index in [-0.39, 0.29) is 0 Å². The summed E-state index contributed by atoms with van der Waals surface area (Å²) >= 11 is 2.00. The molecular formula is C13H26N2S. The highest BCUT2D eigenvalue weighted by molar-refractivity contribution is 7.99. The van der Waals surface area contributed by atoms with Gasteiger partial charge >= 0.3 is 0 Å². The Bertz CT molecular complexity index is 222. The first kappa shape index (κ1) is 12.7. The minimum Gasteiger partial charge on any atom is -0.298 e. The number of fused-ring (bicyclic) bond motifs is 1. The lowest BCUT2D eigenvalue weighted by Crippen LogP contribution is -2.56. The standard InChI is InChI=1S/C13H26N2S/c1-4-12-9-14-7-5-6-13(14)10-15(12)8-11(2)16-3/h11-13H,4-10H2,1-3H3. The minimum absolute atomic E-state index is 0.780. The molecule has 2 nitrogen and oxygen atoms in total. The first-order valence-corrected chi connectivity index (χ1v) is 8.04. The second-order valence-electron chi connectivity index (χ2n) is 5.35. The zero-order valence-corrected chi connectivity index (χ0v) is 11.8. The van der Waals surface area contributed by atoms with Gasteiger partial charge in [0.25, 0.3) is 0 Å². The van der Waals surface area contributed by atoms with Gasteiger partial charge in [0.15, 0.2) is 0 Å². The van der Waals surface area contributed by atoms with Crippen LogP contribution in [0.15, 0.2) is 0 Å². The molecule has 94 valence electrons. The smallest absolute Gasteiger partial charge is 0.0224 e. The maximum Gasteiger partial charge on any atom is 0.0224 e. The Labute approximate surface area is 105 Å². The number of piperazine rings is 1. The Hall–Kier alpha value is 0.270. The maximum absolute atomic E-state index is 2.76. The van der Waals surface area contributed by atoms with Crippen LogP contribution in [0.2, 0.25) is 0 Å². The van der Waals surface area contributed by atoms with Crippen LogP contribution in [-0.2, 0) is 0 Å². The lowest BCUT2D eigenvalue weighted by atomic mass is 10.0. The summed E-state index contributed by atoms with van der Waals surface area (Å²) in [7, 11) is 0. The Balaban J connectivity index is 1.94. The van der Waals surface area contributed by atoms with Gasteiger partial charge in [-0.15, -0.1) is 0 Å². The van der Waals surface area contributed by atoms with Crippen LogP contribution in [0.3, 0.4) is 0 Å². The number of hydrogen-bond donors (Lipinski definition) is 0. The van der Waals surface area contributed by atoms with E-state index in [9.17, 15) is 0 Å². The van der Waals surface area contributed by atoms with Gasteiger partial charge in [0.1, 0.15) is 0 Å². The van der Waals surface area contributed by atoms with Crippen molar-refractivity contribution >= 4 is 11.8 Å². The molecule has 0 amide bonds. The van der Waals surface area contributed by atoms with Crippen molar-refractivity contribution in [2.45, 2.75) is 50.4 Å². The summed E-state index contributed by atoms with van der Waals surface area (Å²) in [5.41, 5.74) is 0. The predicted molar refractivity (Wildman–Crippen MR) is 73.2 cm³/mol. The molecule has 2 rings (SSSR count). The minimum atomic E-state index is 0.780. The molecule has 0 aromatic rings. The summed E-state index contributed by atoms with van der Waals surface area (Å²) in [5.74, 6) is 0. The fourth-order valence-corrected chi connectivity index (χ4v) is 3.50. The molecule has 0 radical (unpaired) electrons. The summed E-state index contributed by atoms with van der Waals surface area (Å²) in [6.07, 6.45) is 6.40. The summed E-state index contributed by atoms with van der Waals surface area (Å²) in [6, 6.07) is 1.68. The number of thioether (sulfide) groups is 1. The van der Waals surface area contributed by atoms with E-state index in [0.29, 0.717) is 0 Å². The first-order chi connectivity index (χ1) is 7.74. The van der Waals surface area contributed by atoms with Gasteiger partial charge in [0.05, 0.1) is 0 Å². The van der Waals surface area contributed by atoms with E-state index in [2.05, 4.69) is 29.9 Å². The van der Waals surface area contributed by atoms with Crippen LogP contribution in [0.1, 0.15) is 33.1 Å². The Morgan fingerprint density at radius 3 is 2.88 bits per heavy atom. The second-order valence-corrected chi connectivity index (χ2v) is 6.63. The molecule has 0 aromatic carbocycles. The van der Waals surface area contributed by atoms with E-state index >= 15 is 0 Å². The lowest BCUT2D eigenvalue weighted by molar-refractivity contribution is 0.0504. The van der Waals surface area contributed by atoms with Crippen molar-refractivity contribution in [3.05, 3.63) is 0 Å². The van der Waals surface area contributed by atoms with Crippen molar-refractivity contribution < 1.29 is 0 Å². The third-order valence-electron chi connectivity index (χ3n) is 4.27. The third kappa shape index (κ3) is 2.74. The van der Waals surface area contributed by atoms with Gasteiger partial charge in [-0.05, 0) is 32.1 Å². The average Bonchev–Trinajstić information content (AvgIpc) is 2.74. The number of nitrogens with zero attached hydrogens (tertiary/aromatic N) is 2. The van der Waals surface area contributed by atoms with E-state index < -0.39 is 0 Å². The van der Waals surface area contributed by atoms with Crippen molar-refractivity contribution in [3.63, 3.8) is 0 Å². The molecule has 3 atom stereocenters. The maximum atomic E-state index is 2.76. The van der Waals surface area contributed by atoms with E-state index in [4.69, 9.17) is 0 Å². The molecule has 3 heteroatoms. The molecule has 0 saturated carbocycles. The normalized spacial score (nSPS) is 33.9. The van der Waals surface area contributed by atoms with Crippen LogP contribution >= 0.6 is 11.8 Å². The summed E-state index contributed by atoms with van der Waals surface area (Å²) < 4.78 is 0. The van der Waals surface area contributed by atoms with Crippen molar-refractivity contribution in [2.75, 3.05) is 32.4 Å². The highest BCUT2D eigenvalue weighted by atomic mass is 32.2. The monoisotopic (exact) mass is 242 g/mol. The quantitative estimate of drug-likeness (QED) is 0.747.